The summed E-state index contributed by atoms with van der Waals surface area (Å²) < 4.78 is 11.0. The van der Waals surface area contributed by atoms with E-state index < -0.39 is 8.32 Å². The molecular formula is C16H26O3Si. The van der Waals surface area contributed by atoms with Crippen molar-refractivity contribution in [3.05, 3.63) is 29.8 Å². The highest BCUT2D eigenvalue weighted by Crippen LogP contribution is 2.37. The van der Waals surface area contributed by atoms with Crippen LogP contribution in [0, 0.1) is 0 Å². The molecule has 0 bridgehead atoms. The first kappa shape index (κ1) is 16.8. The summed E-state index contributed by atoms with van der Waals surface area (Å²) in [5, 5.41) is 0.0300. The predicted molar refractivity (Wildman–Crippen MR) is 84.7 cm³/mol. The Hall–Kier alpha value is -1.29. The molecule has 0 aliphatic rings. The standard InChI is InChI=1S/C16H26O3Si/c1-12(13-8-10-14(18-5)11-9-13)15(17)19-20(6,7)16(2,3)4/h8-12H,1-7H3. The van der Waals surface area contributed by atoms with Crippen molar-refractivity contribution in [2.24, 2.45) is 0 Å². The average Bonchev–Trinajstić information content (AvgIpc) is 2.36. The Morgan fingerprint density at radius 1 is 1.15 bits per heavy atom. The number of ether oxygens (including phenoxy) is 1. The molecule has 0 saturated carbocycles. The van der Waals surface area contributed by atoms with Crippen molar-refractivity contribution in [3.8, 4) is 5.75 Å². The van der Waals surface area contributed by atoms with E-state index >= 15 is 0 Å². The van der Waals surface area contributed by atoms with Gasteiger partial charge in [0.15, 0.2) is 0 Å². The van der Waals surface area contributed by atoms with E-state index in [2.05, 4.69) is 33.9 Å². The minimum Gasteiger partial charge on any atom is -0.519 e. The van der Waals surface area contributed by atoms with Crippen LogP contribution in [-0.4, -0.2) is 21.4 Å². The van der Waals surface area contributed by atoms with Gasteiger partial charge in [0.2, 0.25) is 0 Å². The molecule has 0 heterocycles. The number of carbonyl (C=O) groups excluding carboxylic acids is 1. The fraction of sp³-hybridized carbons (Fsp3) is 0.562. The van der Waals surface area contributed by atoms with Crippen LogP contribution in [0.25, 0.3) is 0 Å². The molecule has 4 heteroatoms. The monoisotopic (exact) mass is 294 g/mol. The summed E-state index contributed by atoms with van der Waals surface area (Å²) in [6.45, 7) is 12.5. The topological polar surface area (TPSA) is 35.5 Å². The van der Waals surface area contributed by atoms with Gasteiger partial charge in [-0.15, -0.1) is 0 Å². The van der Waals surface area contributed by atoms with Gasteiger partial charge >= 0.3 is 0 Å². The van der Waals surface area contributed by atoms with Crippen LogP contribution in [0.1, 0.15) is 39.2 Å². The fourth-order valence-corrected chi connectivity index (χ4v) is 2.51. The first-order chi connectivity index (χ1) is 9.08. The average molecular weight is 294 g/mol. The minimum atomic E-state index is -2.06. The highest BCUT2D eigenvalue weighted by atomic mass is 28.4. The molecule has 0 aromatic heterocycles. The van der Waals surface area contributed by atoms with Gasteiger partial charge in [0.25, 0.3) is 14.3 Å². The number of hydrogen-bond acceptors (Lipinski definition) is 3. The number of benzene rings is 1. The lowest BCUT2D eigenvalue weighted by molar-refractivity contribution is -0.136. The van der Waals surface area contributed by atoms with Crippen LogP contribution in [0.3, 0.4) is 0 Å². The lowest BCUT2D eigenvalue weighted by Crippen LogP contribution is -2.43. The largest absolute Gasteiger partial charge is 0.519 e. The van der Waals surface area contributed by atoms with Gasteiger partial charge in [-0.05, 0) is 42.8 Å². The van der Waals surface area contributed by atoms with Gasteiger partial charge in [-0.1, -0.05) is 32.9 Å². The van der Waals surface area contributed by atoms with E-state index in [1.807, 2.05) is 31.2 Å². The molecule has 1 aromatic carbocycles. The van der Waals surface area contributed by atoms with Crippen LogP contribution in [0.5, 0.6) is 5.75 Å². The zero-order valence-corrected chi connectivity index (χ0v) is 14.6. The highest BCUT2D eigenvalue weighted by molar-refractivity contribution is 6.75. The zero-order valence-electron chi connectivity index (χ0n) is 13.6. The van der Waals surface area contributed by atoms with Crippen molar-refractivity contribution in [1.82, 2.24) is 0 Å². The first-order valence-electron chi connectivity index (χ1n) is 6.95. The van der Waals surface area contributed by atoms with Crippen LogP contribution in [0.4, 0.5) is 0 Å². The summed E-state index contributed by atoms with van der Waals surface area (Å²) in [6, 6.07) is 7.56. The molecule has 0 spiro atoms. The van der Waals surface area contributed by atoms with Gasteiger partial charge in [0, 0.05) is 0 Å². The molecular weight excluding hydrogens is 268 g/mol. The summed E-state index contributed by atoms with van der Waals surface area (Å²) in [4.78, 5) is 12.3. The van der Waals surface area contributed by atoms with Crippen molar-refractivity contribution < 1.29 is 14.0 Å². The van der Waals surface area contributed by atoms with Crippen molar-refractivity contribution >= 4 is 14.3 Å². The third-order valence-electron chi connectivity index (χ3n) is 4.13. The molecule has 3 nitrogen and oxygen atoms in total. The Labute approximate surface area is 123 Å². The van der Waals surface area contributed by atoms with E-state index in [1.165, 1.54) is 0 Å². The number of carbonyl (C=O) groups is 1. The van der Waals surface area contributed by atoms with Crippen LogP contribution >= 0.6 is 0 Å². The van der Waals surface area contributed by atoms with Crippen molar-refractivity contribution in [1.29, 1.82) is 0 Å². The third-order valence-corrected chi connectivity index (χ3v) is 8.46. The lowest BCUT2D eigenvalue weighted by atomic mass is 10.0. The van der Waals surface area contributed by atoms with E-state index in [0.717, 1.165) is 11.3 Å². The summed E-state index contributed by atoms with van der Waals surface area (Å²) >= 11 is 0. The Morgan fingerprint density at radius 3 is 2.05 bits per heavy atom. The second kappa shape index (κ2) is 6.00. The Balaban J connectivity index is 2.81. The summed E-state index contributed by atoms with van der Waals surface area (Å²) in [5.41, 5.74) is 0.953. The van der Waals surface area contributed by atoms with Crippen LogP contribution in [0.2, 0.25) is 18.1 Å². The van der Waals surface area contributed by atoms with Crippen molar-refractivity contribution in [2.75, 3.05) is 7.11 Å². The van der Waals surface area contributed by atoms with Gasteiger partial charge in [-0.2, -0.15) is 0 Å². The van der Waals surface area contributed by atoms with E-state index in [1.54, 1.807) is 7.11 Å². The SMILES string of the molecule is COc1ccc(C(C)C(=O)O[Si](C)(C)C(C)(C)C)cc1. The first-order valence-corrected chi connectivity index (χ1v) is 9.86. The van der Waals surface area contributed by atoms with Crippen molar-refractivity contribution in [2.45, 2.75) is 51.7 Å². The number of methoxy groups -OCH3 is 1. The molecule has 1 rings (SSSR count). The molecule has 0 fully saturated rings. The van der Waals surface area contributed by atoms with E-state index in [0.29, 0.717) is 0 Å². The second-order valence-electron chi connectivity index (χ2n) is 6.68. The van der Waals surface area contributed by atoms with Gasteiger partial charge in [-0.3, -0.25) is 4.79 Å². The summed E-state index contributed by atoms with van der Waals surface area (Å²) in [5.74, 6) is 0.399. The van der Waals surface area contributed by atoms with E-state index in [9.17, 15) is 4.79 Å². The molecule has 1 unspecified atom stereocenters. The maximum absolute atomic E-state index is 12.3. The van der Waals surface area contributed by atoms with Gasteiger partial charge in [0.1, 0.15) is 5.75 Å². The third kappa shape index (κ3) is 3.85. The Morgan fingerprint density at radius 2 is 1.65 bits per heavy atom. The molecule has 0 aliphatic carbocycles. The van der Waals surface area contributed by atoms with Gasteiger partial charge in [-0.25, -0.2) is 0 Å². The fourth-order valence-electron chi connectivity index (χ4n) is 1.52. The summed E-state index contributed by atoms with van der Waals surface area (Å²) in [6.07, 6.45) is 0. The molecule has 0 radical (unpaired) electrons. The molecule has 0 N–H and O–H groups in total. The summed E-state index contributed by atoms with van der Waals surface area (Å²) in [7, 11) is -0.427. The zero-order chi connectivity index (χ0) is 15.6. The molecule has 0 amide bonds. The van der Waals surface area contributed by atoms with E-state index in [4.69, 9.17) is 9.16 Å². The molecule has 20 heavy (non-hydrogen) atoms. The smallest absolute Gasteiger partial charge is 0.299 e. The Kier molecular flexibility index (Phi) is 5.03. The Bertz CT molecular complexity index is 458. The molecule has 1 atom stereocenters. The van der Waals surface area contributed by atoms with Gasteiger partial charge in [0.05, 0.1) is 13.0 Å². The minimum absolute atomic E-state index is 0.0300. The molecule has 0 saturated heterocycles. The molecule has 112 valence electrons. The maximum Gasteiger partial charge on any atom is 0.299 e. The number of hydrogen-bond donors (Lipinski definition) is 0. The van der Waals surface area contributed by atoms with E-state index in [-0.39, 0.29) is 16.9 Å². The van der Waals surface area contributed by atoms with Crippen LogP contribution < -0.4 is 4.74 Å². The van der Waals surface area contributed by atoms with Crippen molar-refractivity contribution in [3.63, 3.8) is 0 Å². The number of rotatable bonds is 4. The molecule has 0 aliphatic heterocycles. The quantitative estimate of drug-likeness (QED) is 0.775. The van der Waals surface area contributed by atoms with Gasteiger partial charge < -0.3 is 9.16 Å². The highest BCUT2D eigenvalue weighted by Gasteiger charge is 2.41. The van der Waals surface area contributed by atoms with Crippen LogP contribution in [-0.2, 0) is 9.22 Å². The maximum atomic E-state index is 12.3. The molecule has 1 aromatic rings. The van der Waals surface area contributed by atoms with Crippen LogP contribution in [0.15, 0.2) is 24.3 Å². The normalized spacial score (nSPS) is 13.8. The lowest BCUT2D eigenvalue weighted by Gasteiger charge is -2.36. The second-order valence-corrected chi connectivity index (χ2v) is 11.4. The predicted octanol–water partition coefficient (Wildman–Crippen LogP) is 4.35.